The maximum Gasteiger partial charge on any atom is 0.239 e. The van der Waals surface area contributed by atoms with Crippen LogP contribution in [0.1, 0.15) is 18.4 Å². The van der Waals surface area contributed by atoms with Gasteiger partial charge in [-0.3, -0.25) is 9.69 Å². The van der Waals surface area contributed by atoms with Crippen LogP contribution in [0.2, 0.25) is 5.02 Å². The Morgan fingerprint density at radius 1 is 1.48 bits per heavy atom. The van der Waals surface area contributed by atoms with Crippen LogP contribution in [0, 0.1) is 0 Å². The minimum atomic E-state index is -0.253. The molecule has 1 saturated carbocycles. The van der Waals surface area contributed by atoms with Gasteiger partial charge >= 0.3 is 0 Å². The average molecular weight is 310 g/mol. The Kier molecular flexibility index (Phi) is 4.33. The van der Waals surface area contributed by atoms with Gasteiger partial charge < -0.3 is 15.8 Å². The summed E-state index contributed by atoms with van der Waals surface area (Å²) in [5, 5.41) is 3.72. The van der Waals surface area contributed by atoms with E-state index in [0.29, 0.717) is 43.1 Å². The molecule has 1 aromatic carbocycles. The fourth-order valence-corrected chi connectivity index (χ4v) is 2.71. The fraction of sp³-hybridized carbons (Fsp3) is 0.533. The van der Waals surface area contributed by atoms with Gasteiger partial charge in [0.25, 0.3) is 0 Å². The molecule has 5 nitrogen and oxygen atoms in total. The molecule has 114 valence electrons. The highest BCUT2D eigenvalue weighted by Gasteiger charge is 2.33. The third kappa shape index (κ3) is 3.67. The molecule has 0 bridgehead atoms. The molecular weight excluding hydrogens is 290 g/mol. The summed E-state index contributed by atoms with van der Waals surface area (Å²) < 4.78 is 5.47. The molecule has 1 saturated heterocycles. The topological polar surface area (TPSA) is 67.6 Å². The number of nitrogen functional groups attached to an aromatic ring is 1. The summed E-state index contributed by atoms with van der Waals surface area (Å²) in [6, 6.07) is 5.55. The number of carbonyl (C=O) groups excluding carboxylic acids is 1. The molecule has 1 aliphatic heterocycles. The van der Waals surface area contributed by atoms with Crippen molar-refractivity contribution in [3.8, 4) is 0 Å². The summed E-state index contributed by atoms with van der Waals surface area (Å²) in [7, 11) is 0. The largest absolute Gasteiger partial charge is 0.399 e. The number of anilines is 1. The lowest BCUT2D eigenvalue weighted by Crippen LogP contribution is -2.53. The van der Waals surface area contributed by atoms with Crippen molar-refractivity contribution in [2.45, 2.75) is 31.5 Å². The summed E-state index contributed by atoms with van der Waals surface area (Å²) in [5.74, 6) is 0.0530. The highest BCUT2D eigenvalue weighted by atomic mass is 35.5. The number of nitrogens with one attached hydrogen (secondary N) is 1. The van der Waals surface area contributed by atoms with Gasteiger partial charge in [-0.1, -0.05) is 11.6 Å². The first-order valence-electron chi connectivity index (χ1n) is 7.29. The molecule has 2 aliphatic rings. The molecule has 1 heterocycles. The molecule has 6 heteroatoms. The summed E-state index contributed by atoms with van der Waals surface area (Å²) in [4.78, 5) is 14.4. The number of hydrogen-bond donors (Lipinski definition) is 2. The molecule has 1 aromatic rings. The molecule has 1 amide bonds. The lowest BCUT2D eigenvalue weighted by atomic mass is 10.1. The van der Waals surface area contributed by atoms with Crippen LogP contribution in [0.3, 0.4) is 0 Å². The van der Waals surface area contributed by atoms with E-state index in [9.17, 15) is 4.79 Å². The van der Waals surface area contributed by atoms with Crippen molar-refractivity contribution in [3.05, 3.63) is 28.8 Å². The highest BCUT2D eigenvalue weighted by Crippen LogP contribution is 2.23. The molecule has 0 radical (unpaired) electrons. The number of morpholine rings is 1. The van der Waals surface area contributed by atoms with Crippen LogP contribution in [-0.4, -0.2) is 42.6 Å². The predicted molar refractivity (Wildman–Crippen MR) is 82.0 cm³/mol. The second-order valence-corrected chi connectivity index (χ2v) is 6.10. The maximum atomic E-state index is 12.3. The van der Waals surface area contributed by atoms with Gasteiger partial charge in [-0.15, -0.1) is 0 Å². The minimum absolute atomic E-state index is 0.0530. The Morgan fingerprint density at radius 3 is 3.05 bits per heavy atom. The molecule has 1 atom stereocenters. The molecule has 0 spiro atoms. The van der Waals surface area contributed by atoms with Gasteiger partial charge in [0.2, 0.25) is 5.91 Å². The normalized spacial score (nSPS) is 23.0. The van der Waals surface area contributed by atoms with Crippen molar-refractivity contribution >= 4 is 23.2 Å². The Hall–Kier alpha value is -1.30. The Balaban J connectivity index is 1.71. The number of benzene rings is 1. The third-order valence-corrected chi connectivity index (χ3v) is 4.28. The molecule has 2 fully saturated rings. The SMILES string of the molecule is Nc1ccc(Cl)c(CN2CCOCC2C(=O)NC2CC2)c1. The molecule has 3 N–H and O–H groups in total. The lowest BCUT2D eigenvalue weighted by molar-refractivity contribution is -0.133. The smallest absolute Gasteiger partial charge is 0.239 e. The van der Waals surface area contributed by atoms with E-state index in [4.69, 9.17) is 22.1 Å². The van der Waals surface area contributed by atoms with E-state index in [0.717, 1.165) is 18.4 Å². The van der Waals surface area contributed by atoms with Crippen LogP contribution < -0.4 is 11.1 Å². The zero-order valence-corrected chi connectivity index (χ0v) is 12.6. The highest BCUT2D eigenvalue weighted by molar-refractivity contribution is 6.31. The van der Waals surface area contributed by atoms with Crippen LogP contribution in [0.4, 0.5) is 5.69 Å². The fourth-order valence-electron chi connectivity index (χ4n) is 2.53. The van der Waals surface area contributed by atoms with Gasteiger partial charge in [0.05, 0.1) is 13.2 Å². The number of nitrogens with zero attached hydrogens (tertiary/aromatic N) is 1. The van der Waals surface area contributed by atoms with Crippen molar-refractivity contribution in [1.82, 2.24) is 10.2 Å². The molecule has 3 rings (SSSR count). The summed E-state index contributed by atoms with van der Waals surface area (Å²) in [6.45, 7) is 2.38. The van der Waals surface area contributed by atoms with Crippen molar-refractivity contribution in [2.75, 3.05) is 25.5 Å². The van der Waals surface area contributed by atoms with Gasteiger partial charge in [-0.25, -0.2) is 0 Å². The van der Waals surface area contributed by atoms with Gasteiger partial charge in [0, 0.05) is 29.8 Å². The van der Waals surface area contributed by atoms with Gasteiger partial charge in [-0.05, 0) is 36.6 Å². The lowest BCUT2D eigenvalue weighted by Gasteiger charge is -2.34. The van der Waals surface area contributed by atoms with Gasteiger partial charge in [0.15, 0.2) is 0 Å². The maximum absolute atomic E-state index is 12.3. The van der Waals surface area contributed by atoms with Crippen molar-refractivity contribution in [1.29, 1.82) is 0 Å². The Bertz CT molecular complexity index is 534. The van der Waals surface area contributed by atoms with Crippen LogP contribution in [-0.2, 0) is 16.1 Å². The molecule has 21 heavy (non-hydrogen) atoms. The Labute approximate surface area is 129 Å². The summed E-state index contributed by atoms with van der Waals surface area (Å²) in [6.07, 6.45) is 2.17. The van der Waals surface area contributed by atoms with E-state index in [1.165, 1.54) is 0 Å². The predicted octanol–water partition coefficient (Wildman–Crippen LogP) is 1.40. The van der Waals surface area contributed by atoms with E-state index >= 15 is 0 Å². The number of hydrogen-bond acceptors (Lipinski definition) is 4. The van der Waals surface area contributed by atoms with Crippen LogP contribution in [0.5, 0.6) is 0 Å². The van der Waals surface area contributed by atoms with Gasteiger partial charge in [0.1, 0.15) is 6.04 Å². The zero-order chi connectivity index (χ0) is 14.8. The Morgan fingerprint density at radius 2 is 2.29 bits per heavy atom. The number of carbonyl (C=O) groups is 1. The van der Waals surface area contributed by atoms with Crippen LogP contribution in [0.15, 0.2) is 18.2 Å². The van der Waals surface area contributed by atoms with Crippen LogP contribution >= 0.6 is 11.6 Å². The number of rotatable bonds is 4. The number of amides is 1. The molecular formula is C15H20ClN3O2. The van der Waals surface area contributed by atoms with E-state index in [1.807, 2.05) is 6.07 Å². The van der Waals surface area contributed by atoms with Crippen molar-refractivity contribution in [2.24, 2.45) is 0 Å². The second-order valence-electron chi connectivity index (χ2n) is 5.69. The minimum Gasteiger partial charge on any atom is -0.399 e. The van der Waals surface area contributed by atoms with Gasteiger partial charge in [-0.2, -0.15) is 0 Å². The number of ether oxygens (including phenoxy) is 1. The quantitative estimate of drug-likeness (QED) is 0.825. The first-order chi connectivity index (χ1) is 10.1. The molecule has 1 aliphatic carbocycles. The second kappa shape index (κ2) is 6.22. The first-order valence-corrected chi connectivity index (χ1v) is 7.67. The van der Waals surface area contributed by atoms with Crippen molar-refractivity contribution < 1.29 is 9.53 Å². The first kappa shape index (κ1) is 14.6. The standard InChI is InChI=1S/C15H20ClN3O2/c16-13-4-1-11(17)7-10(13)8-19-5-6-21-9-14(19)15(20)18-12-2-3-12/h1,4,7,12,14H,2-3,5-6,8-9,17H2,(H,18,20). The van der Waals surface area contributed by atoms with E-state index in [1.54, 1.807) is 12.1 Å². The summed E-state index contributed by atoms with van der Waals surface area (Å²) >= 11 is 6.22. The zero-order valence-electron chi connectivity index (χ0n) is 11.8. The van der Waals surface area contributed by atoms with E-state index in [-0.39, 0.29) is 11.9 Å². The molecule has 0 aromatic heterocycles. The summed E-state index contributed by atoms with van der Waals surface area (Å²) in [5.41, 5.74) is 7.45. The monoisotopic (exact) mass is 309 g/mol. The number of nitrogens with two attached hydrogens (primary N) is 1. The average Bonchev–Trinajstić information content (AvgIpc) is 3.27. The molecule has 1 unspecified atom stereocenters. The number of halogens is 1. The van der Waals surface area contributed by atoms with E-state index < -0.39 is 0 Å². The van der Waals surface area contributed by atoms with Crippen LogP contribution in [0.25, 0.3) is 0 Å². The van der Waals surface area contributed by atoms with E-state index in [2.05, 4.69) is 10.2 Å². The van der Waals surface area contributed by atoms with Crippen molar-refractivity contribution in [3.63, 3.8) is 0 Å². The third-order valence-electron chi connectivity index (χ3n) is 3.91.